The van der Waals surface area contributed by atoms with Gasteiger partial charge in [-0.05, 0) is 58.7 Å². The summed E-state index contributed by atoms with van der Waals surface area (Å²) in [5.74, 6) is -2.26. The summed E-state index contributed by atoms with van der Waals surface area (Å²) >= 11 is 0. The largest absolute Gasteiger partial charge is 0.315 e. The van der Waals surface area contributed by atoms with E-state index < -0.39 is 5.92 Å². The molecule has 0 spiro atoms. The van der Waals surface area contributed by atoms with Crippen molar-refractivity contribution in [3.63, 3.8) is 0 Å². The topological polar surface area (TPSA) is 15.3 Å². The fraction of sp³-hybridized carbons (Fsp3) is 1.00. The molecule has 0 bridgehead atoms. The van der Waals surface area contributed by atoms with E-state index in [1.165, 1.54) is 19.3 Å². The standard InChI is InChI=1S/C14H26F2N2/c1-18(2)13(6-4-7-13)11-17-10-12-5-3-8-14(15,16)9-12/h12,17H,3-11H2,1-2H3. The van der Waals surface area contributed by atoms with Gasteiger partial charge in [-0.15, -0.1) is 0 Å². The summed E-state index contributed by atoms with van der Waals surface area (Å²) in [7, 11) is 4.24. The highest BCUT2D eigenvalue weighted by Gasteiger charge is 2.39. The van der Waals surface area contributed by atoms with E-state index in [0.717, 1.165) is 19.5 Å². The molecule has 0 aromatic heterocycles. The van der Waals surface area contributed by atoms with Gasteiger partial charge in [0.2, 0.25) is 5.92 Å². The van der Waals surface area contributed by atoms with E-state index in [0.29, 0.717) is 6.42 Å². The molecule has 1 atom stereocenters. The van der Waals surface area contributed by atoms with Crippen LogP contribution in [0.15, 0.2) is 0 Å². The van der Waals surface area contributed by atoms with Gasteiger partial charge in [0.25, 0.3) is 0 Å². The van der Waals surface area contributed by atoms with Gasteiger partial charge in [-0.25, -0.2) is 8.78 Å². The minimum absolute atomic E-state index is 0.0783. The molecule has 0 amide bonds. The molecule has 1 unspecified atom stereocenters. The molecule has 2 saturated carbocycles. The Hall–Kier alpha value is -0.220. The van der Waals surface area contributed by atoms with Crippen molar-refractivity contribution in [2.75, 3.05) is 27.2 Å². The Morgan fingerprint density at radius 2 is 1.89 bits per heavy atom. The molecule has 4 heteroatoms. The van der Waals surface area contributed by atoms with Gasteiger partial charge in [-0.2, -0.15) is 0 Å². The molecule has 0 aromatic carbocycles. The van der Waals surface area contributed by atoms with Crippen molar-refractivity contribution in [3.8, 4) is 0 Å². The van der Waals surface area contributed by atoms with Crippen molar-refractivity contribution in [2.24, 2.45) is 5.92 Å². The van der Waals surface area contributed by atoms with Crippen molar-refractivity contribution < 1.29 is 8.78 Å². The molecular weight excluding hydrogens is 234 g/mol. The van der Waals surface area contributed by atoms with Gasteiger partial charge < -0.3 is 10.2 Å². The molecule has 2 nitrogen and oxygen atoms in total. The summed E-state index contributed by atoms with van der Waals surface area (Å²) in [6, 6.07) is 0. The van der Waals surface area contributed by atoms with Crippen LogP contribution in [0.5, 0.6) is 0 Å². The maximum atomic E-state index is 13.3. The Labute approximate surface area is 109 Å². The summed E-state index contributed by atoms with van der Waals surface area (Å²) in [6.07, 6.45) is 5.55. The number of alkyl halides is 2. The maximum Gasteiger partial charge on any atom is 0.248 e. The van der Waals surface area contributed by atoms with Gasteiger partial charge in [0.05, 0.1) is 0 Å². The highest BCUT2D eigenvalue weighted by molar-refractivity contribution is 4.97. The SMILES string of the molecule is CN(C)C1(CNCC2CCCC(F)(F)C2)CCC1. The predicted octanol–water partition coefficient (Wildman–Crippen LogP) is 2.89. The molecule has 0 aromatic rings. The van der Waals surface area contributed by atoms with Crippen molar-refractivity contribution in [2.45, 2.75) is 56.4 Å². The molecule has 0 saturated heterocycles. The third-order valence-corrected chi connectivity index (χ3v) is 4.86. The highest BCUT2D eigenvalue weighted by atomic mass is 19.3. The zero-order valence-electron chi connectivity index (χ0n) is 11.6. The van der Waals surface area contributed by atoms with Gasteiger partial charge in [0, 0.05) is 24.9 Å². The van der Waals surface area contributed by atoms with E-state index in [1.807, 2.05) is 0 Å². The molecule has 0 radical (unpaired) electrons. The number of hydrogen-bond acceptors (Lipinski definition) is 2. The maximum absolute atomic E-state index is 13.3. The van der Waals surface area contributed by atoms with Gasteiger partial charge in [0.1, 0.15) is 0 Å². The summed E-state index contributed by atoms with van der Waals surface area (Å²) in [4.78, 5) is 2.29. The van der Waals surface area contributed by atoms with Crippen LogP contribution in [-0.2, 0) is 0 Å². The second kappa shape index (κ2) is 5.41. The van der Waals surface area contributed by atoms with Crippen molar-refractivity contribution >= 4 is 0 Å². The van der Waals surface area contributed by atoms with Crippen LogP contribution in [0.25, 0.3) is 0 Å². The van der Waals surface area contributed by atoms with Gasteiger partial charge in [-0.1, -0.05) is 0 Å². The Morgan fingerprint density at radius 1 is 1.17 bits per heavy atom. The molecule has 0 aliphatic heterocycles. The second-order valence-corrected chi connectivity index (χ2v) is 6.42. The lowest BCUT2D eigenvalue weighted by atomic mass is 9.75. The summed E-state index contributed by atoms with van der Waals surface area (Å²) in [5, 5.41) is 3.44. The Bertz CT molecular complexity index is 275. The van der Waals surface area contributed by atoms with Crippen LogP contribution in [0.2, 0.25) is 0 Å². The average Bonchev–Trinajstić information content (AvgIpc) is 2.20. The molecule has 2 aliphatic rings. The van der Waals surface area contributed by atoms with E-state index >= 15 is 0 Å². The molecule has 0 heterocycles. The monoisotopic (exact) mass is 260 g/mol. The molecule has 2 fully saturated rings. The van der Waals surface area contributed by atoms with Gasteiger partial charge in [0.15, 0.2) is 0 Å². The first kappa shape index (κ1) is 14.2. The van der Waals surface area contributed by atoms with E-state index in [9.17, 15) is 8.78 Å². The zero-order valence-corrected chi connectivity index (χ0v) is 11.6. The smallest absolute Gasteiger partial charge is 0.248 e. The molecule has 1 N–H and O–H groups in total. The first-order valence-electron chi connectivity index (χ1n) is 7.20. The highest BCUT2D eigenvalue weighted by Crippen LogP contribution is 2.37. The third kappa shape index (κ3) is 3.21. The number of nitrogens with one attached hydrogen (secondary N) is 1. The van der Waals surface area contributed by atoms with E-state index in [-0.39, 0.29) is 24.3 Å². The van der Waals surface area contributed by atoms with Crippen LogP contribution >= 0.6 is 0 Å². The van der Waals surface area contributed by atoms with E-state index in [4.69, 9.17) is 0 Å². The van der Waals surface area contributed by atoms with Crippen LogP contribution in [0.1, 0.15) is 44.9 Å². The minimum Gasteiger partial charge on any atom is -0.315 e. The van der Waals surface area contributed by atoms with E-state index in [1.54, 1.807) is 0 Å². The quantitative estimate of drug-likeness (QED) is 0.817. The third-order valence-electron chi connectivity index (χ3n) is 4.86. The number of rotatable bonds is 5. The summed E-state index contributed by atoms with van der Waals surface area (Å²) < 4.78 is 26.6. The van der Waals surface area contributed by atoms with Crippen LogP contribution in [0.4, 0.5) is 8.78 Å². The second-order valence-electron chi connectivity index (χ2n) is 6.42. The Kier molecular flexibility index (Phi) is 4.27. The molecule has 18 heavy (non-hydrogen) atoms. The van der Waals surface area contributed by atoms with Crippen molar-refractivity contribution in [1.29, 1.82) is 0 Å². The molecular formula is C14H26F2N2. The first-order valence-corrected chi connectivity index (χ1v) is 7.20. The normalized spacial score (nSPS) is 30.2. The number of nitrogens with zero attached hydrogens (tertiary/aromatic N) is 1. The number of hydrogen-bond donors (Lipinski definition) is 1. The number of halogens is 2. The Balaban J connectivity index is 1.72. The van der Waals surface area contributed by atoms with Crippen LogP contribution in [0, 0.1) is 5.92 Å². The summed E-state index contributed by atoms with van der Waals surface area (Å²) in [6.45, 7) is 1.70. The molecule has 106 valence electrons. The van der Waals surface area contributed by atoms with Crippen LogP contribution in [0.3, 0.4) is 0 Å². The molecule has 2 rings (SSSR count). The van der Waals surface area contributed by atoms with Crippen molar-refractivity contribution in [1.82, 2.24) is 10.2 Å². The van der Waals surface area contributed by atoms with Crippen LogP contribution in [-0.4, -0.2) is 43.5 Å². The molecule has 2 aliphatic carbocycles. The lowest BCUT2D eigenvalue weighted by Gasteiger charge is -2.48. The lowest BCUT2D eigenvalue weighted by molar-refractivity contribution is -0.0526. The summed E-state index contributed by atoms with van der Waals surface area (Å²) in [5.41, 5.74) is 0.289. The van der Waals surface area contributed by atoms with Gasteiger partial charge in [-0.3, -0.25) is 0 Å². The van der Waals surface area contributed by atoms with E-state index in [2.05, 4.69) is 24.3 Å². The lowest BCUT2D eigenvalue weighted by Crippen LogP contribution is -2.57. The van der Waals surface area contributed by atoms with Crippen molar-refractivity contribution in [3.05, 3.63) is 0 Å². The van der Waals surface area contributed by atoms with Gasteiger partial charge >= 0.3 is 0 Å². The fourth-order valence-corrected chi connectivity index (χ4v) is 3.33. The predicted molar refractivity (Wildman–Crippen MR) is 70.0 cm³/mol. The Morgan fingerprint density at radius 3 is 2.39 bits per heavy atom. The first-order chi connectivity index (χ1) is 8.44. The zero-order chi connectivity index (χ0) is 13.2. The average molecular weight is 260 g/mol. The minimum atomic E-state index is -2.42. The fourth-order valence-electron chi connectivity index (χ4n) is 3.33. The van der Waals surface area contributed by atoms with Crippen LogP contribution < -0.4 is 5.32 Å². The number of likely N-dealkylation sites (N-methyl/N-ethyl adjacent to an activating group) is 1.